The fourth-order valence-corrected chi connectivity index (χ4v) is 0.0657. The minimum atomic E-state index is -0.750. The second-order valence-corrected chi connectivity index (χ2v) is 1.18. The van der Waals surface area contributed by atoms with Crippen molar-refractivity contribution in [2.75, 3.05) is 0 Å². The first-order valence-corrected chi connectivity index (χ1v) is 1.36. The van der Waals surface area contributed by atoms with Crippen molar-refractivity contribution in [3.05, 3.63) is 0 Å². The van der Waals surface area contributed by atoms with Gasteiger partial charge in [0.25, 0.3) is 0 Å². The van der Waals surface area contributed by atoms with E-state index in [4.69, 9.17) is 7.85 Å². The molecule has 0 amide bonds. The summed E-state index contributed by atoms with van der Waals surface area (Å²) in [4.78, 5) is 8.35. The van der Waals surface area contributed by atoms with E-state index in [0.717, 1.165) is 0 Å². The molecule has 0 saturated carbocycles. The van der Waals surface area contributed by atoms with Gasteiger partial charge in [-0.1, -0.05) is 0 Å². The SMILES string of the molecule is [B-]C1(C)OO1.[Na+]. The topological polar surface area (TPSA) is 25.1 Å². The first-order valence-electron chi connectivity index (χ1n) is 1.36. The summed E-state index contributed by atoms with van der Waals surface area (Å²) >= 11 is 0. The largest absolute Gasteiger partial charge is 1.00 e. The van der Waals surface area contributed by atoms with Crippen molar-refractivity contribution in [1.82, 2.24) is 0 Å². The zero-order valence-corrected chi connectivity index (χ0v) is 5.89. The van der Waals surface area contributed by atoms with Gasteiger partial charge >= 0.3 is 29.6 Å². The van der Waals surface area contributed by atoms with E-state index in [1.807, 2.05) is 0 Å². The van der Waals surface area contributed by atoms with Crippen LogP contribution in [0.2, 0.25) is 0 Å². The molecular formula is C2H3BNaO2. The summed E-state index contributed by atoms with van der Waals surface area (Å²) in [5.41, 5.74) is -0.750. The average molecular weight is 92.8 g/mol. The first-order chi connectivity index (χ1) is 2.21. The molecular weight excluding hydrogens is 89.8 g/mol. The summed E-state index contributed by atoms with van der Waals surface area (Å²) in [6, 6.07) is 0. The van der Waals surface area contributed by atoms with Gasteiger partial charge in [-0.15, -0.1) is 0 Å². The van der Waals surface area contributed by atoms with Gasteiger partial charge < -0.3 is 7.85 Å². The van der Waals surface area contributed by atoms with Crippen LogP contribution >= 0.6 is 0 Å². The summed E-state index contributed by atoms with van der Waals surface area (Å²) in [7, 11) is 5.02. The quantitative estimate of drug-likeness (QED) is 0.179. The zero-order chi connectivity index (χ0) is 3.91. The Hall–Kier alpha value is 0.985. The van der Waals surface area contributed by atoms with Crippen molar-refractivity contribution in [1.29, 1.82) is 0 Å². The van der Waals surface area contributed by atoms with E-state index in [2.05, 4.69) is 9.78 Å². The fourth-order valence-electron chi connectivity index (χ4n) is 0.0657. The minimum absolute atomic E-state index is 0. The smallest absolute Gasteiger partial charge is 0.531 e. The summed E-state index contributed by atoms with van der Waals surface area (Å²) in [6.07, 6.45) is 0. The molecule has 1 rings (SSSR count). The van der Waals surface area contributed by atoms with Crippen molar-refractivity contribution < 1.29 is 39.3 Å². The Kier molecular flexibility index (Phi) is 2.14. The van der Waals surface area contributed by atoms with Gasteiger partial charge in [-0.05, 0) is 6.92 Å². The molecule has 2 nitrogen and oxygen atoms in total. The maximum absolute atomic E-state index is 5.02. The van der Waals surface area contributed by atoms with Crippen LogP contribution in [0.1, 0.15) is 6.92 Å². The summed E-state index contributed by atoms with van der Waals surface area (Å²) in [5, 5.41) is 0. The molecule has 0 aromatic rings. The van der Waals surface area contributed by atoms with Crippen molar-refractivity contribution in [2.45, 2.75) is 12.6 Å². The molecule has 6 heavy (non-hydrogen) atoms. The molecule has 0 bridgehead atoms. The second-order valence-electron chi connectivity index (χ2n) is 1.18. The monoisotopic (exact) mass is 93.0 g/mol. The molecule has 1 heterocycles. The van der Waals surface area contributed by atoms with Crippen LogP contribution in [0.5, 0.6) is 0 Å². The fraction of sp³-hybridized carbons (Fsp3) is 1.00. The van der Waals surface area contributed by atoms with Crippen LogP contribution in [-0.2, 0) is 9.78 Å². The van der Waals surface area contributed by atoms with E-state index < -0.39 is 5.69 Å². The van der Waals surface area contributed by atoms with Crippen LogP contribution in [0, 0.1) is 0 Å². The van der Waals surface area contributed by atoms with E-state index in [1.54, 1.807) is 6.92 Å². The Labute approximate surface area is 59.8 Å². The number of rotatable bonds is 0. The van der Waals surface area contributed by atoms with E-state index >= 15 is 0 Å². The van der Waals surface area contributed by atoms with E-state index in [-0.39, 0.29) is 29.6 Å². The van der Waals surface area contributed by atoms with Crippen molar-refractivity contribution in [3.63, 3.8) is 0 Å². The van der Waals surface area contributed by atoms with E-state index in [1.165, 1.54) is 0 Å². The van der Waals surface area contributed by atoms with Gasteiger partial charge in [0.05, 0.1) is 0 Å². The Morgan fingerprint density at radius 3 is 1.67 bits per heavy atom. The van der Waals surface area contributed by atoms with Gasteiger partial charge in [0.1, 0.15) is 0 Å². The van der Waals surface area contributed by atoms with E-state index in [0.29, 0.717) is 0 Å². The van der Waals surface area contributed by atoms with Crippen LogP contribution in [0.4, 0.5) is 0 Å². The predicted octanol–water partition coefficient (Wildman–Crippen LogP) is -3.21. The van der Waals surface area contributed by atoms with Gasteiger partial charge in [0.2, 0.25) is 0 Å². The molecule has 27 valence electrons. The molecule has 1 aliphatic rings. The van der Waals surface area contributed by atoms with Crippen LogP contribution in [-0.4, -0.2) is 13.5 Å². The van der Waals surface area contributed by atoms with Crippen molar-refractivity contribution >= 4 is 7.85 Å². The molecule has 1 aliphatic heterocycles. The Bertz CT molecular complexity index is 49.5. The molecule has 0 N–H and O–H groups in total. The van der Waals surface area contributed by atoms with Crippen molar-refractivity contribution in [2.24, 2.45) is 0 Å². The van der Waals surface area contributed by atoms with Crippen LogP contribution in [0.15, 0.2) is 0 Å². The van der Waals surface area contributed by atoms with Crippen LogP contribution in [0.25, 0.3) is 0 Å². The number of hydrogen-bond donors (Lipinski definition) is 0. The average Bonchev–Trinajstić information content (AvgIpc) is 1.76. The third-order valence-corrected chi connectivity index (χ3v) is 0.346. The second kappa shape index (κ2) is 1.84. The Balaban J connectivity index is 0.000000250. The molecule has 0 unspecified atom stereocenters. The maximum atomic E-state index is 5.02. The molecule has 0 aromatic carbocycles. The molecule has 1 fully saturated rings. The van der Waals surface area contributed by atoms with Gasteiger partial charge in [-0.2, -0.15) is 0 Å². The Morgan fingerprint density at radius 2 is 1.67 bits per heavy atom. The maximum Gasteiger partial charge on any atom is 1.00 e. The van der Waals surface area contributed by atoms with Gasteiger partial charge in [-0.25, -0.2) is 9.78 Å². The summed E-state index contributed by atoms with van der Waals surface area (Å²) in [6.45, 7) is 1.63. The molecule has 0 aliphatic carbocycles. The van der Waals surface area contributed by atoms with Gasteiger partial charge in [-0.3, -0.25) is 0 Å². The van der Waals surface area contributed by atoms with Crippen LogP contribution < -0.4 is 29.6 Å². The first kappa shape index (κ1) is 6.98. The zero-order valence-electron chi connectivity index (χ0n) is 3.89. The van der Waals surface area contributed by atoms with Gasteiger partial charge in [0, 0.05) is 5.69 Å². The Morgan fingerprint density at radius 1 is 1.50 bits per heavy atom. The third-order valence-electron chi connectivity index (χ3n) is 0.346. The third kappa shape index (κ3) is 2.21. The molecule has 3 radical (unpaired) electrons. The molecule has 0 spiro atoms. The molecule has 1 saturated heterocycles. The van der Waals surface area contributed by atoms with E-state index in [9.17, 15) is 0 Å². The minimum Gasteiger partial charge on any atom is -0.531 e. The molecule has 0 aromatic heterocycles. The predicted molar refractivity (Wildman–Crippen MR) is 16.3 cm³/mol. The number of hydrogen-bond acceptors (Lipinski definition) is 2. The normalized spacial score (nSPS) is 25.0. The summed E-state index contributed by atoms with van der Waals surface area (Å²) in [5.74, 6) is 0. The standard InChI is InChI=1S/C2H3BO2.Na/c1-2(3)4-5-2;/h1H3;/q-1;+1. The van der Waals surface area contributed by atoms with Crippen LogP contribution in [0.3, 0.4) is 0 Å². The molecule has 0 atom stereocenters. The van der Waals surface area contributed by atoms with Gasteiger partial charge in [0.15, 0.2) is 0 Å². The summed E-state index contributed by atoms with van der Waals surface area (Å²) < 4.78 is 0. The van der Waals surface area contributed by atoms with Crippen molar-refractivity contribution in [3.8, 4) is 0 Å². The molecule has 4 heteroatoms.